The second-order valence-electron chi connectivity index (χ2n) is 4.44. The third-order valence-corrected chi connectivity index (χ3v) is 2.90. The van der Waals surface area contributed by atoms with Crippen LogP contribution in [-0.4, -0.2) is 24.4 Å². The van der Waals surface area contributed by atoms with Crippen molar-refractivity contribution in [1.29, 1.82) is 0 Å². The Morgan fingerprint density at radius 3 is 2.06 bits per heavy atom. The van der Waals surface area contributed by atoms with E-state index in [0.717, 1.165) is 13.0 Å². The lowest BCUT2D eigenvalue weighted by Gasteiger charge is -2.14. The Hall–Kier alpha value is -0.790. The first-order valence-corrected chi connectivity index (χ1v) is 6.60. The maximum Gasteiger partial charge on any atom is 0.245 e. The molecule has 0 aromatic heterocycles. The number of amides is 1. The quantitative estimate of drug-likeness (QED) is 0.409. The Morgan fingerprint density at radius 1 is 1.06 bits per heavy atom. The highest BCUT2D eigenvalue weighted by atomic mass is 16.2. The molecule has 2 heteroatoms. The smallest absolute Gasteiger partial charge is 0.245 e. The van der Waals surface area contributed by atoms with Crippen molar-refractivity contribution >= 4 is 5.91 Å². The van der Waals surface area contributed by atoms with E-state index >= 15 is 0 Å². The zero-order chi connectivity index (χ0) is 12.2. The van der Waals surface area contributed by atoms with Crippen LogP contribution in [0.25, 0.3) is 0 Å². The fraction of sp³-hybridized carbons (Fsp3) is 0.786. The van der Waals surface area contributed by atoms with E-state index in [9.17, 15) is 4.79 Å². The maximum atomic E-state index is 11.2. The molecule has 94 valence electrons. The minimum absolute atomic E-state index is 0.0305. The fourth-order valence-electron chi connectivity index (χ4n) is 1.75. The number of rotatable bonds is 10. The Balaban J connectivity index is 3.20. The predicted molar refractivity (Wildman–Crippen MR) is 70.4 cm³/mol. The molecule has 0 saturated heterocycles. The Bertz CT molecular complexity index is 189. The summed E-state index contributed by atoms with van der Waals surface area (Å²) in [7, 11) is 1.84. The van der Waals surface area contributed by atoms with Crippen LogP contribution in [0.2, 0.25) is 0 Å². The number of likely N-dealkylation sites (N-methyl/N-ethyl adjacent to an activating group) is 1. The topological polar surface area (TPSA) is 20.3 Å². The molecule has 2 nitrogen and oxygen atoms in total. The van der Waals surface area contributed by atoms with Gasteiger partial charge in [0, 0.05) is 13.6 Å². The van der Waals surface area contributed by atoms with Crippen LogP contribution in [0.5, 0.6) is 0 Å². The predicted octanol–water partition coefficient (Wildman–Crippen LogP) is 3.77. The molecule has 0 fully saturated rings. The number of nitrogens with zero attached hydrogens (tertiary/aromatic N) is 1. The van der Waals surface area contributed by atoms with Crippen molar-refractivity contribution in [2.45, 2.75) is 58.3 Å². The molecule has 0 unspecified atom stereocenters. The number of carbonyl (C=O) groups is 1. The Kier molecular flexibility index (Phi) is 10.2. The van der Waals surface area contributed by atoms with Gasteiger partial charge in [-0.3, -0.25) is 4.79 Å². The molecule has 0 radical (unpaired) electrons. The molecule has 0 bridgehead atoms. The van der Waals surface area contributed by atoms with Crippen molar-refractivity contribution in [1.82, 2.24) is 4.90 Å². The summed E-state index contributed by atoms with van der Waals surface area (Å²) < 4.78 is 0. The summed E-state index contributed by atoms with van der Waals surface area (Å²) >= 11 is 0. The molecule has 0 atom stereocenters. The highest BCUT2D eigenvalue weighted by Crippen LogP contribution is 2.08. The van der Waals surface area contributed by atoms with Crippen LogP contribution >= 0.6 is 0 Å². The Labute approximate surface area is 101 Å². The van der Waals surface area contributed by atoms with Crippen molar-refractivity contribution < 1.29 is 4.79 Å². The first kappa shape index (κ1) is 15.2. The van der Waals surface area contributed by atoms with Gasteiger partial charge in [-0.15, -0.1) is 0 Å². The van der Waals surface area contributed by atoms with Gasteiger partial charge in [-0.2, -0.15) is 0 Å². The zero-order valence-corrected chi connectivity index (χ0v) is 11.0. The average Bonchev–Trinajstić information content (AvgIpc) is 2.31. The van der Waals surface area contributed by atoms with Crippen LogP contribution in [0.3, 0.4) is 0 Å². The standard InChI is InChI=1S/C14H27NO/c1-4-6-7-8-9-10-11-12-13-15(3)14(16)5-2/h5H,2,4,6-13H2,1,3H3. The van der Waals surface area contributed by atoms with E-state index in [1.165, 1.54) is 51.0 Å². The molecule has 0 heterocycles. The minimum Gasteiger partial charge on any atom is -0.342 e. The van der Waals surface area contributed by atoms with Gasteiger partial charge in [0.05, 0.1) is 0 Å². The fourth-order valence-corrected chi connectivity index (χ4v) is 1.75. The van der Waals surface area contributed by atoms with Gasteiger partial charge in [0.1, 0.15) is 0 Å². The largest absolute Gasteiger partial charge is 0.342 e. The molecule has 0 aromatic carbocycles. The maximum absolute atomic E-state index is 11.2. The molecule has 0 aliphatic rings. The van der Waals surface area contributed by atoms with Crippen molar-refractivity contribution in [3.63, 3.8) is 0 Å². The lowest BCUT2D eigenvalue weighted by molar-refractivity contribution is -0.124. The minimum atomic E-state index is 0.0305. The van der Waals surface area contributed by atoms with E-state index in [1.807, 2.05) is 7.05 Å². The molecule has 0 aliphatic carbocycles. The summed E-state index contributed by atoms with van der Waals surface area (Å²) in [5.74, 6) is 0.0305. The second kappa shape index (κ2) is 10.7. The molecule has 0 rings (SSSR count). The van der Waals surface area contributed by atoms with Gasteiger partial charge in [-0.1, -0.05) is 58.4 Å². The number of unbranched alkanes of at least 4 members (excludes halogenated alkanes) is 7. The van der Waals surface area contributed by atoms with Gasteiger partial charge in [0.15, 0.2) is 0 Å². The van der Waals surface area contributed by atoms with Crippen LogP contribution in [0.1, 0.15) is 58.3 Å². The lowest BCUT2D eigenvalue weighted by atomic mass is 10.1. The molecule has 0 aliphatic heterocycles. The summed E-state index contributed by atoms with van der Waals surface area (Å²) in [4.78, 5) is 12.9. The van der Waals surface area contributed by atoms with Gasteiger partial charge in [-0.05, 0) is 12.5 Å². The highest BCUT2D eigenvalue weighted by Gasteiger charge is 2.02. The molecule has 1 amide bonds. The van der Waals surface area contributed by atoms with Crippen LogP contribution in [0, 0.1) is 0 Å². The van der Waals surface area contributed by atoms with Gasteiger partial charge in [0.2, 0.25) is 5.91 Å². The van der Waals surface area contributed by atoms with Gasteiger partial charge in [-0.25, -0.2) is 0 Å². The van der Waals surface area contributed by atoms with E-state index in [4.69, 9.17) is 0 Å². The number of hydrogen-bond acceptors (Lipinski definition) is 1. The van der Waals surface area contributed by atoms with Crippen LogP contribution < -0.4 is 0 Å². The lowest BCUT2D eigenvalue weighted by Crippen LogP contribution is -2.25. The molecular formula is C14H27NO. The normalized spacial score (nSPS) is 10.1. The first-order valence-electron chi connectivity index (χ1n) is 6.60. The van der Waals surface area contributed by atoms with Gasteiger partial charge >= 0.3 is 0 Å². The molecule has 0 saturated carbocycles. The SMILES string of the molecule is C=CC(=O)N(C)CCCCCCCCCC. The van der Waals surface area contributed by atoms with Crippen molar-refractivity contribution in [2.24, 2.45) is 0 Å². The van der Waals surface area contributed by atoms with Gasteiger partial charge < -0.3 is 4.90 Å². The summed E-state index contributed by atoms with van der Waals surface area (Å²) in [6.45, 7) is 6.58. The van der Waals surface area contributed by atoms with E-state index in [0.29, 0.717) is 0 Å². The second-order valence-corrected chi connectivity index (χ2v) is 4.44. The first-order chi connectivity index (χ1) is 7.72. The third-order valence-electron chi connectivity index (χ3n) is 2.90. The third kappa shape index (κ3) is 8.51. The zero-order valence-electron chi connectivity index (χ0n) is 11.0. The molecule has 16 heavy (non-hydrogen) atoms. The molecule has 0 aromatic rings. The monoisotopic (exact) mass is 225 g/mol. The van der Waals surface area contributed by atoms with Crippen molar-refractivity contribution in [3.8, 4) is 0 Å². The van der Waals surface area contributed by atoms with E-state index < -0.39 is 0 Å². The summed E-state index contributed by atoms with van der Waals surface area (Å²) in [6, 6.07) is 0. The summed E-state index contributed by atoms with van der Waals surface area (Å²) in [5, 5.41) is 0. The van der Waals surface area contributed by atoms with E-state index in [2.05, 4.69) is 13.5 Å². The molecule has 0 spiro atoms. The van der Waals surface area contributed by atoms with E-state index in [1.54, 1.807) is 4.90 Å². The van der Waals surface area contributed by atoms with Crippen LogP contribution in [0.4, 0.5) is 0 Å². The number of carbonyl (C=O) groups excluding carboxylic acids is 1. The van der Waals surface area contributed by atoms with E-state index in [-0.39, 0.29) is 5.91 Å². The summed E-state index contributed by atoms with van der Waals surface area (Å²) in [6.07, 6.45) is 11.8. The van der Waals surface area contributed by atoms with Crippen molar-refractivity contribution in [2.75, 3.05) is 13.6 Å². The number of hydrogen-bond donors (Lipinski definition) is 0. The highest BCUT2D eigenvalue weighted by molar-refractivity contribution is 5.86. The molecular weight excluding hydrogens is 198 g/mol. The summed E-state index contributed by atoms with van der Waals surface area (Å²) in [5.41, 5.74) is 0. The van der Waals surface area contributed by atoms with Gasteiger partial charge in [0.25, 0.3) is 0 Å². The van der Waals surface area contributed by atoms with Crippen LogP contribution in [0.15, 0.2) is 12.7 Å². The Morgan fingerprint density at radius 2 is 1.56 bits per heavy atom. The van der Waals surface area contributed by atoms with Crippen LogP contribution in [-0.2, 0) is 4.79 Å². The molecule has 0 N–H and O–H groups in total. The average molecular weight is 225 g/mol. The van der Waals surface area contributed by atoms with Crippen molar-refractivity contribution in [3.05, 3.63) is 12.7 Å².